The van der Waals surface area contributed by atoms with Crippen molar-refractivity contribution >= 4 is 0 Å². The summed E-state index contributed by atoms with van der Waals surface area (Å²) in [5, 5.41) is 0. The minimum atomic E-state index is -4.10. The van der Waals surface area contributed by atoms with Crippen LogP contribution in [0.4, 0.5) is 13.2 Å². The number of benzene rings is 1. The minimum Gasteiger partial charge on any atom is -0.171 e. The van der Waals surface area contributed by atoms with Crippen molar-refractivity contribution in [3.63, 3.8) is 0 Å². The van der Waals surface area contributed by atoms with Crippen molar-refractivity contribution in [1.29, 1.82) is 0 Å². The summed E-state index contributed by atoms with van der Waals surface area (Å²) in [6.07, 6.45) is -4.94. The number of hydrogen-bond acceptors (Lipinski definition) is 0. The van der Waals surface area contributed by atoms with E-state index in [1.54, 1.807) is 12.1 Å². The molecule has 0 N–H and O–H groups in total. The molecule has 0 spiro atoms. The van der Waals surface area contributed by atoms with Crippen LogP contribution in [0.2, 0.25) is 0 Å². The van der Waals surface area contributed by atoms with Gasteiger partial charge in [0.2, 0.25) is 0 Å². The average molecular weight is 234 g/mol. The molecule has 0 unspecified atom stereocenters. The van der Waals surface area contributed by atoms with Gasteiger partial charge in [0, 0.05) is 0 Å². The highest BCUT2D eigenvalue weighted by molar-refractivity contribution is 5.21. The van der Waals surface area contributed by atoms with Crippen LogP contribution >= 0.6 is 0 Å². The summed E-state index contributed by atoms with van der Waals surface area (Å²) in [5.41, 5.74) is 1.29. The van der Waals surface area contributed by atoms with Gasteiger partial charge in [-0.2, -0.15) is 13.2 Å². The molecule has 94 valence electrons. The van der Waals surface area contributed by atoms with Crippen molar-refractivity contribution in [2.75, 3.05) is 0 Å². The van der Waals surface area contributed by atoms with E-state index in [1.165, 1.54) is 12.1 Å². The minimum absolute atomic E-state index is 0.313. The van der Waals surface area contributed by atoms with E-state index in [0.717, 1.165) is 5.56 Å². The summed E-state index contributed by atoms with van der Waals surface area (Å²) in [4.78, 5) is 0. The van der Waals surface area contributed by atoms with Gasteiger partial charge in [-0.05, 0) is 12.5 Å². The molecule has 0 aliphatic rings. The molecule has 0 radical (unpaired) electrons. The molecule has 0 aliphatic carbocycles. The van der Waals surface area contributed by atoms with Crippen molar-refractivity contribution in [3.8, 4) is 0 Å². The Labute approximate surface area is 96.5 Å². The molecule has 0 aromatic heterocycles. The molecule has 0 nitrogen and oxygen atoms in total. The van der Waals surface area contributed by atoms with Gasteiger partial charge in [0.05, 0.1) is 6.42 Å². The fourth-order valence-electron chi connectivity index (χ4n) is 0.937. The maximum Gasteiger partial charge on any atom is 0.393 e. The molecule has 16 heavy (non-hydrogen) atoms. The summed E-state index contributed by atoms with van der Waals surface area (Å²) in [6, 6.07) is 6.37. The Morgan fingerprint density at radius 1 is 0.875 bits per heavy atom. The number of aryl methyl sites for hydroxylation is 1. The Bertz CT molecular complexity index is 247. The molecule has 0 fully saturated rings. The molecule has 1 aromatic rings. The summed E-state index contributed by atoms with van der Waals surface area (Å²) in [6.45, 7) is 9.84. The summed E-state index contributed by atoms with van der Waals surface area (Å²) < 4.78 is 35.5. The first-order valence-electron chi connectivity index (χ1n) is 5.60. The van der Waals surface area contributed by atoms with Crippen molar-refractivity contribution in [2.24, 2.45) is 0 Å². The Balaban J connectivity index is 0. The van der Waals surface area contributed by atoms with Crippen LogP contribution in [0, 0.1) is 6.92 Å². The quantitative estimate of drug-likeness (QED) is 0.630. The van der Waals surface area contributed by atoms with E-state index in [0.29, 0.717) is 5.56 Å². The lowest BCUT2D eigenvalue weighted by Gasteiger charge is -2.05. The van der Waals surface area contributed by atoms with E-state index < -0.39 is 12.6 Å². The maximum absolute atomic E-state index is 11.8. The van der Waals surface area contributed by atoms with Crippen molar-refractivity contribution < 1.29 is 13.2 Å². The number of rotatable bonds is 1. The van der Waals surface area contributed by atoms with Gasteiger partial charge in [0.15, 0.2) is 0 Å². The van der Waals surface area contributed by atoms with Crippen LogP contribution in [0.3, 0.4) is 0 Å². The van der Waals surface area contributed by atoms with Gasteiger partial charge in [-0.15, -0.1) is 0 Å². The first-order chi connectivity index (χ1) is 7.47. The van der Waals surface area contributed by atoms with Crippen LogP contribution in [-0.2, 0) is 6.42 Å². The smallest absolute Gasteiger partial charge is 0.171 e. The van der Waals surface area contributed by atoms with Crippen LogP contribution in [-0.4, -0.2) is 6.18 Å². The van der Waals surface area contributed by atoms with Crippen LogP contribution < -0.4 is 0 Å². The normalized spacial score (nSPS) is 9.50. The van der Waals surface area contributed by atoms with Gasteiger partial charge in [-0.25, -0.2) is 0 Å². The zero-order chi connectivity index (χ0) is 13.2. The molecule has 0 saturated carbocycles. The van der Waals surface area contributed by atoms with Gasteiger partial charge in [-0.1, -0.05) is 57.5 Å². The third-order valence-corrected chi connectivity index (χ3v) is 1.53. The molecular formula is C13H21F3. The number of hydrogen-bond donors (Lipinski definition) is 0. The molecule has 0 aliphatic heterocycles. The molecule has 3 heteroatoms. The molecule has 0 amide bonds. The molecule has 0 heterocycles. The highest BCUT2D eigenvalue weighted by Gasteiger charge is 2.27. The molecule has 1 rings (SSSR count). The first-order valence-corrected chi connectivity index (χ1v) is 5.60. The fourth-order valence-corrected chi connectivity index (χ4v) is 0.937. The van der Waals surface area contributed by atoms with Gasteiger partial charge in [0.1, 0.15) is 0 Å². The Morgan fingerprint density at radius 3 is 1.56 bits per heavy atom. The Kier molecular flexibility index (Phi) is 10.1. The van der Waals surface area contributed by atoms with E-state index in [-0.39, 0.29) is 0 Å². The SMILES string of the molecule is CC.CC.Cc1ccc(CC(F)(F)F)cc1. The van der Waals surface area contributed by atoms with Crippen LogP contribution in [0.25, 0.3) is 0 Å². The van der Waals surface area contributed by atoms with Crippen molar-refractivity contribution in [1.82, 2.24) is 0 Å². The first kappa shape index (κ1) is 17.4. The summed E-state index contributed by atoms with van der Waals surface area (Å²) in [7, 11) is 0. The van der Waals surface area contributed by atoms with E-state index in [1.807, 2.05) is 34.6 Å². The molecule has 0 atom stereocenters. The molecule has 0 bridgehead atoms. The zero-order valence-corrected chi connectivity index (χ0v) is 10.7. The topological polar surface area (TPSA) is 0 Å². The third kappa shape index (κ3) is 9.56. The lowest BCUT2D eigenvalue weighted by molar-refractivity contribution is -0.127. The Morgan fingerprint density at radius 2 is 1.25 bits per heavy atom. The lowest BCUT2D eigenvalue weighted by atomic mass is 10.1. The number of alkyl halides is 3. The highest BCUT2D eigenvalue weighted by atomic mass is 19.4. The molecular weight excluding hydrogens is 213 g/mol. The lowest BCUT2D eigenvalue weighted by Crippen LogP contribution is -2.11. The second-order valence-corrected chi connectivity index (χ2v) is 2.78. The van der Waals surface area contributed by atoms with Crippen LogP contribution in [0.5, 0.6) is 0 Å². The predicted octanol–water partition coefficient (Wildman–Crippen LogP) is 5.15. The largest absolute Gasteiger partial charge is 0.393 e. The fraction of sp³-hybridized carbons (Fsp3) is 0.538. The summed E-state index contributed by atoms with van der Waals surface area (Å²) in [5.74, 6) is 0. The van der Waals surface area contributed by atoms with Gasteiger partial charge in [-0.3, -0.25) is 0 Å². The van der Waals surface area contributed by atoms with Gasteiger partial charge >= 0.3 is 6.18 Å². The summed E-state index contributed by atoms with van der Waals surface area (Å²) >= 11 is 0. The average Bonchev–Trinajstić information content (AvgIpc) is 2.25. The van der Waals surface area contributed by atoms with Crippen molar-refractivity contribution in [2.45, 2.75) is 47.2 Å². The van der Waals surface area contributed by atoms with E-state index in [9.17, 15) is 13.2 Å². The van der Waals surface area contributed by atoms with Gasteiger partial charge in [0.25, 0.3) is 0 Å². The third-order valence-electron chi connectivity index (χ3n) is 1.53. The second kappa shape index (κ2) is 9.25. The zero-order valence-electron chi connectivity index (χ0n) is 10.7. The van der Waals surface area contributed by atoms with Crippen LogP contribution in [0.1, 0.15) is 38.8 Å². The highest BCUT2D eigenvalue weighted by Crippen LogP contribution is 2.21. The van der Waals surface area contributed by atoms with Gasteiger partial charge < -0.3 is 0 Å². The molecule has 1 aromatic carbocycles. The monoisotopic (exact) mass is 234 g/mol. The Hall–Kier alpha value is -0.990. The van der Waals surface area contributed by atoms with Crippen LogP contribution in [0.15, 0.2) is 24.3 Å². The van der Waals surface area contributed by atoms with Crippen molar-refractivity contribution in [3.05, 3.63) is 35.4 Å². The standard InChI is InChI=1S/C9H9F3.2C2H6/c1-7-2-4-8(5-3-7)6-9(10,11)12;2*1-2/h2-5H,6H2,1H3;2*1-2H3. The van der Waals surface area contributed by atoms with E-state index in [2.05, 4.69) is 0 Å². The predicted molar refractivity (Wildman–Crippen MR) is 63.6 cm³/mol. The van der Waals surface area contributed by atoms with E-state index in [4.69, 9.17) is 0 Å². The molecule has 0 saturated heterocycles. The van der Waals surface area contributed by atoms with E-state index >= 15 is 0 Å². The maximum atomic E-state index is 11.8. The second-order valence-electron chi connectivity index (χ2n) is 2.78. The number of halogens is 3.